The van der Waals surface area contributed by atoms with Crippen LogP contribution in [0.3, 0.4) is 0 Å². The molecule has 1 atom stereocenters. The number of rotatable bonds is 5. The first-order chi connectivity index (χ1) is 9.31. The Bertz CT molecular complexity index is 448. The second kappa shape index (κ2) is 6.40. The average molecular weight is 284 g/mol. The van der Waals surface area contributed by atoms with Crippen molar-refractivity contribution < 1.29 is 23.7 Å². The number of carbonyl (C=O) groups excluding carboxylic acids is 1. The van der Waals surface area contributed by atoms with Gasteiger partial charge in [0.2, 0.25) is 17.9 Å². The molecule has 0 radical (unpaired) electrons. The quantitative estimate of drug-likeness (QED) is 0.757. The van der Waals surface area contributed by atoms with Crippen LogP contribution in [0.5, 0.6) is 17.8 Å². The van der Waals surface area contributed by atoms with Crippen molar-refractivity contribution in [2.45, 2.75) is 26.9 Å². The molecule has 7 heteroatoms. The first-order valence-electron chi connectivity index (χ1n) is 6.03. The molecule has 0 aromatic carbocycles. The number of nitrogens with zero attached hydrogens (tertiary/aromatic N) is 2. The fourth-order valence-corrected chi connectivity index (χ4v) is 1.44. The Balaban J connectivity index is 3.07. The molecule has 1 rings (SSSR count). The van der Waals surface area contributed by atoms with Gasteiger partial charge in [-0.3, -0.25) is 0 Å². The van der Waals surface area contributed by atoms with Crippen LogP contribution in [0.25, 0.3) is 0 Å². The third-order valence-corrected chi connectivity index (χ3v) is 2.50. The number of ether oxygens (including phenoxy) is 4. The molecule has 1 unspecified atom stereocenters. The smallest absolute Gasteiger partial charge is 0.347 e. The van der Waals surface area contributed by atoms with Gasteiger partial charge in [0, 0.05) is 5.41 Å². The molecule has 112 valence electrons. The molecule has 0 bridgehead atoms. The summed E-state index contributed by atoms with van der Waals surface area (Å²) in [5.41, 5.74) is -0.479. The van der Waals surface area contributed by atoms with Crippen LogP contribution in [0.4, 0.5) is 0 Å². The van der Waals surface area contributed by atoms with E-state index in [2.05, 4.69) is 9.97 Å². The summed E-state index contributed by atoms with van der Waals surface area (Å²) in [6, 6.07) is 1.50. The second-order valence-corrected chi connectivity index (χ2v) is 5.12. The highest BCUT2D eigenvalue weighted by Crippen LogP contribution is 2.26. The maximum atomic E-state index is 11.8. The Hall–Kier alpha value is -2.05. The highest BCUT2D eigenvalue weighted by molar-refractivity contribution is 5.75. The average Bonchev–Trinajstić information content (AvgIpc) is 2.42. The highest BCUT2D eigenvalue weighted by Gasteiger charge is 2.35. The monoisotopic (exact) mass is 284 g/mol. The lowest BCUT2D eigenvalue weighted by atomic mass is 9.89. The van der Waals surface area contributed by atoms with Gasteiger partial charge in [-0.15, -0.1) is 0 Å². The van der Waals surface area contributed by atoms with Crippen LogP contribution in [0, 0.1) is 5.41 Å². The van der Waals surface area contributed by atoms with Crippen molar-refractivity contribution in [1.82, 2.24) is 9.97 Å². The van der Waals surface area contributed by atoms with E-state index in [-0.39, 0.29) is 17.8 Å². The maximum absolute atomic E-state index is 11.8. The summed E-state index contributed by atoms with van der Waals surface area (Å²) in [6.07, 6.45) is -0.843. The van der Waals surface area contributed by atoms with Crippen molar-refractivity contribution in [3.05, 3.63) is 6.07 Å². The Kier molecular flexibility index (Phi) is 5.12. The molecule has 0 spiro atoms. The van der Waals surface area contributed by atoms with Gasteiger partial charge in [0.25, 0.3) is 0 Å². The number of carbonyl (C=O) groups is 1. The van der Waals surface area contributed by atoms with Crippen LogP contribution in [0.15, 0.2) is 6.07 Å². The molecule has 0 aliphatic rings. The van der Waals surface area contributed by atoms with Gasteiger partial charge in [-0.05, 0) is 0 Å². The minimum absolute atomic E-state index is 0.00785. The van der Waals surface area contributed by atoms with Gasteiger partial charge in [0.1, 0.15) is 0 Å². The van der Waals surface area contributed by atoms with E-state index in [4.69, 9.17) is 18.9 Å². The summed E-state index contributed by atoms with van der Waals surface area (Å²) < 4.78 is 20.4. The Morgan fingerprint density at radius 1 is 1.10 bits per heavy atom. The number of methoxy groups -OCH3 is 3. The van der Waals surface area contributed by atoms with Crippen molar-refractivity contribution in [3.63, 3.8) is 0 Å². The van der Waals surface area contributed by atoms with Crippen LogP contribution < -0.4 is 14.2 Å². The summed E-state index contributed by atoms with van der Waals surface area (Å²) in [5, 5.41) is 0. The molecule has 7 nitrogen and oxygen atoms in total. The summed E-state index contributed by atoms with van der Waals surface area (Å²) in [5.74, 6) is 0.0663. The largest absolute Gasteiger partial charge is 0.481 e. The molecule has 0 aliphatic carbocycles. The summed E-state index contributed by atoms with van der Waals surface area (Å²) in [7, 11) is 4.23. The van der Waals surface area contributed by atoms with E-state index in [1.54, 1.807) is 0 Å². The number of hydrogen-bond acceptors (Lipinski definition) is 7. The molecule has 0 saturated heterocycles. The number of aromatic nitrogens is 2. The lowest BCUT2D eigenvalue weighted by Crippen LogP contribution is -2.40. The van der Waals surface area contributed by atoms with Crippen molar-refractivity contribution in [3.8, 4) is 17.8 Å². The van der Waals surface area contributed by atoms with E-state index in [0.29, 0.717) is 0 Å². The highest BCUT2D eigenvalue weighted by atomic mass is 16.6. The lowest BCUT2D eigenvalue weighted by Gasteiger charge is -2.27. The van der Waals surface area contributed by atoms with Gasteiger partial charge in [-0.2, -0.15) is 9.97 Å². The van der Waals surface area contributed by atoms with E-state index in [1.807, 2.05) is 20.8 Å². The predicted molar refractivity (Wildman–Crippen MR) is 71.0 cm³/mol. The topological polar surface area (TPSA) is 79.8 Å². The van der Waals surface area contributed by atoms with Crippen LogP contribution in [0.2, 0.25) is 0 Å². The molecule has 20 heavy (non-hydrogen) atoms. The lowest BCUT2D eigenvalue weighted by molar-refractivity contribution is -0.154. The fourth-order valence-electron chi connectivity index (χ4n) is 1.44. The molecule has 0 amide bonds. The van der Waals surface area contributed by atoms with Gasteiger partial charge >= 0.3 is 12.0 Å². The van der Waals surface area contributed by atoms with E-state index < -0.39 is 17.5 Å². The first-order valence-corrected chi connectivity index (χ1v) is 6.03. The van der Waals surface area contributed by atoms with Crippen LogP contribution in [-0.2, 0) is 9.53 Å². The fraction of sp³-hybridized carbons (Fsp3) is 0.615. The van der Waals surface area contributed by atoms with E-state index in [1.165, 1.54) is 27.4 Å². The SMILES string of the molecule is COC(=O)C(Oc1nc(OC)cc(OC)n1)C(C)(C)C. The molecular formula is C13H20N2O5. The van der Waals surface area contributed by atoms with Crippen molar-refractivity contribution in [1.29, 1.82) is 0 Å². The van der Waals surface area contributed by atoms with Gasteiger partial charge in [0.15, 0.2) is 0 Å². The summed E-state index contributed by atoms with van der Waals surface area (Å²) in [4.78, 5) is 19.9. The molecule has 0 fully saturated rings. The molecule has 1 aromatic heterocycles. The standard InChI is InChI=1S/C13H20N2O5/c1-13(2,3)10(11(16)19-6)20-12-14-8(17-4)7-9(15-12)18-5/h7,10H,1-6H3. The zero-order valence-corrected chi connectivity index (χ0v) is 12.6. The molecule has 0 saturated carbocycles. The summed E-state index contributed by atoms with van der Waals surface area (Å²) >= 11 is 0. The maximum Gasteiger partial charge on any atom is 0.347 e. The minimum atomic E-state index is -0.843. The number of esters is 1. The zero-order valence-electron chi connectivity index (χ0n) is 12.6. The molecule has 1 aromatic rings. The second-order valence-electron chi connectivity index (χ2n) is 5.12. The van der Waals surface area contributed by atoms with E-state index >= 15 is 0 Å². The van der Waals surface area contributed by atoms with Gasteiger partial charge < -0.3 is 18.9 Å². The van der Waals surface area contributed by atoms with Crippen LogP contribution >= 0.6 is 0 Å². The van der Waals surface area contributed by atoms with Crippen molar-refractivity contribution in [2.24, 2.45) is 5.41 Å². The summed E-state index contributed by atoms with van der Waals surface area (Å²) in [6.45, 7) is 5.56. The van der Waals surface area contributed by atoms with Gasteiger partial charge in [-0.1, -0.05) is 20.8 Å². The Morgan fingerprint density at radius 2 is 1.60 bits per heavy atom. The predicted octanol–water partition coefficient (Wildman–Crippen LogP) is 1.46. The molecule has 1 heterocycles. The Labute approximate surface area is 118 Å². The third-order valence-electron chi connectivity index (χ3n) is 2.50. The molecule has 0 aliphatic heterocycles. The van der Waals surface area contributed by atoms with Crippen LogP contribution in [-0.4, -0.2) is 43.4 Å². The van der Waals surface area contributed by atoms with Gasteiger partial charge in [0.05, 0.1) is 27.4 Å². The Morgan fingerprint density at radius 3 is 1.95 bits per heavy atom. The van der Waals surface area contributed by atoms with Crippen LogP contribution in [0.1, 0.15) is 20.8 Å². The third kappa shape index (κ3) is 3.97. The van der Waals surface area contributed by atoms with Crippen molar-refractivity contribution >= 4 is 5.97 Å². The van der Waals surface area contributed by atoms with Crippen molar-refractivity contribution in [2.75, 3.05) is 21.3 Å². The zero-order chi connectivity index (χ0) is 15.3. The molecule has 0 N–H and O–H groups in total. The van der Waals surface area contributed by atoms with Gasteiger partial charge in [-0.25, -0.2) is 4.79 Å². The minimum Gasteiger partial charge on any atom is -0.481 e. The normalized spacial score (nSPS) is 12.5. The van der Waals surface area contributed by atoms with E-state index in [9.17, 15) is 4.79 Å². The number of hydrogen-bond donors (Lipinski definition) is 0. The first kappa shape index (κ1) is 16.0. The van der Waals surface area contributed by atoms with E-state index in [0.717, 1.165) is 0 Å². The molecular weight excluding hydrogens is 264 g/mol.